The van der Waals surface area contributed by atoms with Crippen LogP contribution in [0.25, 0.3) is 0 Å². The summed E-state index contributed by atoms with van der Waals surface area (Å²) in [6, 6.07) is 8.54. The van der Waals surface area contributed by atoms with Crippen molar-refractivity contribution in [2.45, 2.75) is 25.3 Å². The number of piperidine rings is 1. The van der Waals surface area contributed by atoms with Crippen molar-refractivity contribution in [1.82, 2.24) is 15.5 Å². The van der Waals surface area contributed by atoms with Gasteiger partial charge in [0.05, 0.1) is 0 Å². The summed E-state index contributed by atoms with van der Waals surface area (Å²) in [5.74, 6) is 0.789. The van der Waals surface area contributed by atoms with Crippen LogP contribution in [0.1, 0.15) is 36.8 Å². The first-order valence-corrected chi connectivity index (χ1v) is 7.37. The second kappa shape index (κ2) is 6.46. The Morgan fingerprint density at radius 2 is 1.95 bits per heavy atom. The Bertz CT molecular complexity index is 623. The van der Waals surface area contributed by atoms with Crippen LogP contribution in [0.5, 0.6) is 0 Å². The van der Waals surface area contributed by atoms with E-state index in [1.165, 1.54) is 6.42 Å². The molecule has 1 atom stereocenters. The van der Waals surface area contributed by atoms with Gasteiger partial charge in [-0.15, -0.1) is 0 Å². The molecule has 0 bridgehead atoms. The average molecular weight is 302 g/mol. The minimum atomic E-state index is -1.13. The molecule has 22 heavy (non-hydrogen) atoms. The van der Waals surface area contributed by atoms with Gasteiger partial charge in [-0.05, 0) is 30.0 Å². The Hall–Kier alpha value is -2.57. The Balaban J connectivity index is 1.85. The predicted octanol–water partition coefficient (Wildman–Crippen LogP) is 2.42. The van der Waals surface area contributed by atoms with E-state index in [1.54, 1.807) is 0 Å². The molecular weight excluding hydrogens is 284 g/mol. The zero-order chi connectivity index (χ0) is 15.4. The van der Waals surface area contributed by atoms with Crippen molar-refractivity contribution in [1.29, 1.82) is 0 Å². The fourth-order valence-corrected chi connectivity index (χ4v) is 2.62. The monoisotopic (exact) mass is 302 g/mol. The highest BCUT2D eigenvalue weighted by Gasteiger charge is 2.25. The summed E-state index contributed by atoms with van der Waals surface area (Å²) < 4.78 is 5.31. The van der Waals surface area contributed by atoms with Crippen LogP contribution in [-0.2, 0) is 0 Å². The van der Waals surface area contributed by atoms with Crippen LogP contribution in [0.3, 0.4) is 0 Å². The predicted molar refractivity (Wildman–Crippen MR) is 79.8 cm³/mol. The van der Waals surface area contributed by atoms with E-state index in [1.807, 2.05) is 30.3 Å². The molecule has 0 aliphatic carbocycles. The molecule has 1 aliphatic heterocycles. The van der Waals surface area contributed by atoms with Crippen LogP contribution in [0.15, 0.2) is 34.9 Å². The lowest BCUT2D eigenvalue weighted by atomic mass is 10.1. The normalized spacial score (nSPS) is 16.3. The molecule has 2 N–H and O–H groups in total. The van der Waals surface area contributed by atoms with E-state index in [0.717, 1.165) is 31.5 Å². The zero-order valence-electron chi connectivity index (χ0n) is 12.1. The average Bonchev–Trinajstić information content (AvgIpc) is 3.04. The smallest absolute Gasteiger partial charge is 0.405 e. The summed E-state index contributed by atoms with van der Waals surface area (Å²) in [7, 11) is 0. The lowest BCUT2D eigenvalue weighted by Gasteiger charge is -2.24. The molecule has 1 aromatic carbocycles. The summed E-state index contributed by atoms with van der Waals surface area (Å²) in [6.07, 6.45) is 2.30. The number of nitrogens with zero attached hydrogens (tertiary/aromatic N) is 3. The zero-order valence-corrected chi connectivity index (χ0v) is 12.1. The van der Waals surface area contributed by atoms with E-state index < -0.39 is 12.1 Å². The molecular formula is C15H18N4O3. The summed E-state index contributed by atoms with van der Waals surface area (Å²) >= 11 is 0. The van der Waals surface area contributed by atoms with E-state index in [0.29, 0.717) is 5.95 Å². The summed E-state index contributed by atoms with van der Waals surface area (Å²) in [4.78, 5) is 17.5. The van der Waals surface area contributed by atoms with Crippen molar-refractivity contribution >= 4 is 12.0 Å². The molecule has 0 radical (unpaired) electrons. The minimum Gasteiger partial charge on any atom is -0.465 e. The van der Waals surface area contributed by atoms with Gasteiger partial charge in [0.15, 0.2) is 0 Å². The first kappa shape index (κ1) is 14.4. The third-order valence-corrected chi connectivity index (χ3v) is 3.72. The van der Waals surface area contributed by atoms with Crippen molar-refractivity contribution in [3.05, 3.63) is 41.8 Å². The molecule has 0 unspecified atom stereocenters. The third kappa shape index (κ3) is 3.19. The number of benzene rings is 1. The molecule has 3 rings (SSSR count). The van der Waals surface area contributed by atoms with Crippen molar-refractivity contribution < 1.29 is 14.4 Å². The largest absolute Gasteiger partial charge is 0.465 e. The molecule has 7 nitrogen and oxygen atoms in total. The molecule has 2 aromatic rings. The third-order valence-electron chi connectivity index (χ3n) is 3.72. The molecule has 1 aromatic heterocycles. The van der Waals surface area contributed by atoms with E-state index in [-0.39, 0.29) is 5.89 Å². The molecule has 2 heterocycles. The second-order valence-electron chi connectivity index (χ2n) is 5.27. The van der Waals surface area contributed by atoms with Crippen LogP contribution in [0.4, 0.5) is 10.7 Å². The van der Waals surface area contributed by atoms with Crippen molar-refractivity contribution in [2.24, 2.45) is 0 Å². The van der Waals surface area contributed by atoms with Crippen LogP contribution in [-0.4, -0.2) is 34.4 Å². The van der Waals surface area contributed by atoms with Gasteiger partial charge in [0.2, 0.25) is 0 Å². The molecule has 1 fully saturated rings. The van der Waals surface area contributed by atoms with E-state index in [2.05, 4.69) is 20.4 Å². The second-order valence-corrected chi connectivity index (χ2v) is 5.27. The van der Waals surface area contributed by atoms with Crippen molar-refractivity contribution in [3.63, 3.8) is 0 Å². The Morgan fingerprint density at radius 1 is 1.23 bits per heavy atom. The van der Waals surface area contributed by atoms with Crippen LogP contribution >= 0.6 is 0 Å². The quantitative estimate of drug-likeness (QED) is 0.901. The van der Waals surface area contributed by atoms with Gasteiger partial charge in [0.1, 0.15) is 6.04 Å². The maximum absolute atomic E-state index is 11.1. The van der Waals surface area contributed by atoms with Gasteiger partial charge in [-0.2, -0.15) is 4.98 Å². The van der Waals surface area contributed by atoms with E-state index in [4.69, 9.17) is 9.63 Å². The number of carboxylic acid groups (broad SMARTS) is 1. The van der Waals surface area contributed by atoms with Gasteiger partial charge in [-0.25, -0.2) is 4.79 Å². The lowest BCUT2D eigenvalue weighted by Crippen LogP contribution is -2.30. The molecule has 7 heteroatoms. The van der Waals surface area contributed by atoms with Crippen molar-refractivity contribution in [2.75, 3.05) is 18.0 Å². The van der Waals surface area contributed by atoms with Crippen molar-refractivity contribution in [3.8, 4) is 0 Å². The van der Waals surface area contributed by atoms with E-state index in [9.17, 15) is 4.79 Å². The Morgan fingerprint density at radius 3 is 2.64 bits per heavy atom. The fraction of sp³-hybridized carbons (Fsp3) is 0.400. The molecule has 0 saturated carbocycles. The SMILES string of the molecule is O=C(O)N[C@H](c1ccccc1)c1nc(N2CCCCC2)no1. The topological polar surface area (TPSA) is 91.5 Å². The summed E-state index contributed by atoms with van der Waals surface area (Å²) in [5, 5.41) is 15.5. The number of amides is 1. The first-order valence-electron chi connectivity index (χ1n) is 7.37. The van der Waals surface area contributed by atoms with Gasteiger partial charge in [0.25, 0.3) is 11.8 Å². The molecule has 116 valence electrons. The number of rotatable bonds is 4. The first-order chi connectivity index (χ1) is 10.7. The number of anilines is 1. The van der Waals surface area contributed by atoms with Gasteiger partial charge >= 0.3 is 6.09 Å². The molecule has 1 saturated heterocycles. The van der Waals surface area contributed by atoms with Gasteiger partial charge in [-0.3, -0.25) is 0 Å². The number of hydrogen-bond donors (Lipinski definition) is 2. The van der Waals surface area contributed by atoms with Crippen LogP contribution < -0.4 is 10.2 Å². The highest BCUT2D eigenvalue weighted by atomic mass is 16.5. The number of nitrogens with one attached hydrogen (secondary N) is 1. The highest BCUT2D eigenvalue weighted by Crippen LogP contribution is 2.23. The highest BCUT2D eigenvalue weighted by molar-refractivity contribution is 5.65. The Labute approximate surface area is 127 Å². The maximum Gasteiger partial charge on any atom is 0.405 e. The van der Waals surface area contributed by atoms with Crippen LogP contribution in [0.2, 0.25) is 0 Å². The number of aromatic nitrogens is 2. The Kier molecular flexibility index (Phi) is 4.22. The van der Waals surface area contributed by atoms with Crippen LogP contribution in [0, 0.1) is 0 Å². The standard InChI is InChI=1S/C15H18N4O3/c20-15(21)16-12(11-7-3-1-4-8-11)13-17-14(18-22-13)19-9-5-2-6-10-19/h1,3-4,7-8,12,16H,2,5-6,9-10H2,(H,20,21)/t12-/m1/s1. The van der Waals surface area contributed by atoms with Gasteiger partial charge in [0, 0.05) is 13.1 Å². The molecule has 1 amide bonds. The summed E-state index contributed by atoms with van der Waals surface area (Å²) in [6.45, 7) is 1.81. The number of hydrogen-bond acceptors (Lipinski definition) is 5. The molecule has 1 aliphatic rings. The number of carbonyl (C=O) groups is 1. The minimum absolute atomic E-state index is 0.258. The summed E-state index contributed by atoms with van der Waals surface area (Å²) in [5.41, 5.74) is 0.763. The fourth-order valence-electron chi connectivity index (χ4n) is 2.62. The van der Waals surface area contributed by atoms with Gasteiger partial charge < -0.3 is 19.8 Å². The maximum atomic E-state index is 11.1. The van der Waals surface area contributed by atoms with E-state index >= 15 is 0 Å². The molecule has 0 spiro atoms. The van der Waals surface area contributed by atoms with Gasteiger partial charge in [-0.1, -0.05) is 30.3 Å². The lowest BCUT2D eigenvalue weighted by molar-refractivity contribution is 0.189.